The minimum atomic E-state index is -0.186. The van der Waals surface area contributed by atoms with Crippen LogP contribution < -0.4 is 0 Å². The molecule has 1 unspecified atom stereocenters. The number of hydrogen-bond donors (Lipinski definition) is 0. The van der Waals surface area contributed by atoms with Crippen molar-refractivity contribution < 1.29 is 0 Å². The van der Waals surface area contributed by atoms with Crippen molar-refractivity contribution in [2.24, 2.45) is 0 Å². The monoisotopic (exact) mass is 540 g/mol. The number of hydrogen-bond acceptors (Lipinski definition) is 4. The maximum absolute atomic E-state index is 5.96. The molecular formula is C17H11BrClIN6. The summed E-state index contributed by atoms with van der Waals surface area (Å²) in [5.74, 6) is 0.523. The van der Waals surface area contributed by atoms with Crippen LogP contribution in [0.1, 0.15) is 10.5 Å². The molecule has 0 amide bonds. The second-order valence-corrected chi connectivity index (χ2v) is 7.74. The van der Waals surface area contributed by atoms with Gasteiger partial charge in [-0.1, -0.05) is 57.9 Å². The summed E-state index contributed by atoms with van der Waals surface area (Å²) in [5.41, 5.74) is 2.78. The molecule has 0 saturated carbocycles. The Kier molecular flexibility index (Phi) is 5.05. The lowest BCUT2D eigenvalue weighted by Gasteiger charge is -2.07. The number of aromatic nitrogens is 6. The highest BCUT2D eigenvalue weighted by atomic mass is 127. The van der Waals surface area contributed by atoms with Gasteiger partial charge in [0.2, 0.25) is 5.82 Å². The molecule has 0 bridgehead atoms. The molecule has 0 aliphatic rings. The van der Waals surface area contributed by atoms with Gasteiger partial charge >= 0.3 is 0 Å². The van der Waals surface area contributed by atoms with Crippen LogP contribution in [0, 0.1) is 3.70 Å². The predicted molar refractivity (Wildman–Crippen MR) is 112 cm³/mol. The smallest absolute Gasteiger partial charge is 0.209 e. The van der Waals surface area contributed by atoms with E-state index in [2.05, 4.69) is 59.0 Å². The van der Waals surface area contributed by atoms with Crippen LogP contribution >= 0.6 is 50.1 Å². The third-order valence-electron chi connectivity index (χ3n) is 3.73. The van der Waals surface area contributed by atoms with Crippen molar-refractivity contribution in [2.45, 2.75) is 4.95 Å². The summed E-state index contributed by atoms with van der Waals surface area (Å²) in [4.78, 5) is 1.36. The second-order valence-electron chi connectivity index (χ2n) is 5.42. The third kappa shape index (κ3) is 3.40. The SMILES string of the molecule is Clc1ccc(-n2ncc(-c3nnn(C(Br)c4ccccc4)n3)c2I)cc1. The topological polar surface area (TPSA) is 61.4 Å². The minimum absolute atomic E-state index is 0.186. The number of benzene rings is 2. The highest BCUT2D eigenvalue weighted by Gasteiger charge is 2.19. The first kappa shape index (κ1) is 17.6. The van der Waals surface area contributed by atoms with E-state index in [-0.39, 0.29) is 4.95 Å². The van der Waals surface area contributed by atoms with Crippen molar-refractivity contribution >= 4 is 50.1 Å². The molecule has 0 spiro atoms. The van der Waals surface area contributed by atoms with E-state index in [1.807, 2.05) is 59.3 Å². The largest absolute Gasteiger partial charge is 0.227 e. The highest BCUT2D eigenvalue weighted by Crippen LogP contribution is 2.27. The fourth-order valence-corrected chi connectivity index (χ4v) is 3.81. The average molecular weight is 542 g/mol. The van der Waals surface area contributed by atoms with Crippen molar-refractivity contribution in [3.63, 3.8) is 0 Å². The van der Waals surface area contributed by atoms with Crippen molar-refractivity contribution in [3.8, 4) is 17.1 Å². The van der Waals surface area contributed by atoms with Gasteiger partial charge in [0.05, 0.1) is 17.4 Å². The molecule has 6 nitrogen and oxygen atoms in total. The van der Waals surface area contributed by atoms with Crippen LogP contribution in [-0.4, -0.2) is 30.0 Å². The maximum atomic E-state index is 5.96. The van der Waals surface area contributed by atoms with Gasteiger partial charge in [-0.2, -0.15) is 5.10 Å². The van der Waals surface area contributed by atoms with E-state index >= 15 is 0 Å². The first-order valence-electron chi connectivity index (χ1n) is 7.62. The molecule has 0 fully saturated rings. The summed E-state index contributed by atoms with van der Waals surface area (Å²) in [6.07, 6.45) is 1.74. The van der Waals surface area contributed by atoms with E-state index < -0.39 is 0 Å². The van der Waals surface area contributed by atoms with E-state index in [0.717, 1.165) is 20.5 Å². The Morgan fingerprint density at radius 1 is 1.04 bits per heavy atom. The quantitative estimate of drug-likeness (QED) is 0.277. The van der Waals surface area contributed by atoms with Crippen molar-refractivity contribution in [2.75, 3.05) is 0 Å². The lowest BCUT2D eigenvalue weighted by atomic mass is 10.2. The van der Waals surface area contributed by atoms with Crippen LogP contribution in [0.15, 0.2) is 60.8 Å². The van der Waals surface area contributed by atoms with Crippen LogP contribution in [0.5, 0.6) is 0 Å². The van der Waals surface area contributed by atoms with Crippen LogP contribution in [0.25, 0.3) is 17.1 Å². The number of nitrogens with zero attached hydrogens (tertiary/aromatic N) is 6. The van der Waals surface area contributed by atoms with Gasteiger partial charge < -0.3 is 0 Å². The molecule has 0 aliphatic heterocycles. The normalized spacial score (nSPS) is 12.3. The molecule has 9 heteroatoms. The van der Waals surface area contributed by atoms with E-state index in [1.165, 1.54) is 0 Å². The van der Waals surface area contributed by atoms with Crippen LogP contribution in [0.4, 0.5) is 0 Å². The first-order chi connectivity index (χ1) is 12.6. The van der Waals surface area contributed by atoms with E-state index in [1.54, 1.807) is 11.0 Å². The van der Waals surface area contributed by atoms with E-state index in [4.69, 9.17) is 11.6 Å². The van der Waals surface area contributed by atoms with Gasteiger partial charge in [-0.25, -0.2) is 4.68 Å². The lowest BCUT2D eigenvalue weighted by Crippen LogP contribution is -2.07. The Labute approximate surface area is 176 Å². The zero-order valence-corrected chi connectivity index (χ0v) is 17.7. The van der Waals surface area contributed by atoms with Crippen molar-refractivity contribution in [1.82, 2.24) is 30.0 Å². The van der Waals surface area contributed by atoms with Gasteiger partial charge in [-0.3, -0.25) is 0 Å². The van der Waals surface area contributed by atoms with Crippen LogP contribution in [0.3, 0.4) is 0 Å². The van der Waals surface area contributed by atoms with Gasteiger partial charge in [0.25, 0.3) is 0 Å². The van der Waals surface area contributed by atoms with Gasteiger partial charge in [0.1, 0.15) is 3.70 Å². The number of halogens is 3. The zero-order chi connectivity index (χ0) is 18.1. The van der Waals surface area contributed by atoms with Crippen LogP contribution in [-0.2, 0) is 0 Å². The second kappa shape index (κ2) is 7.45. The molecule has 0 aliphatic carbocycles. The van der Waals surface area contributed by atoms with Gasteiger partial charge in [0.15, 0.2) is 4.95 Å². The molecule has 2 aromatic heterocycles. The Morgan fingerprint density at radius 2 is 1.77 bits per heavy atom. The van der Waals surface area contributed by atoms with Gasteiger partial charge in [0, 0.05) is 5.02 Å². The lowest BCUT2D eigenvalue weighted by molar-refractivity contribution is 0.568. The minimum Gasteiger partial charge on any atom is -0.227 e. The maximum Gasteiger partial charge on any atom is 0.209 e. The third-order valence-corrected chi connectivity index (χ3v) is 5.91. The Balaban J connectivity index is 1.65. The Morgan fingerprint density at radius 3 is 2.50 bits per heavy atom. The Hall–Kier alpha value is -1.78. The fraction of sp³-hybridized carbons (Fsp3) is 0.0588. The highest BCUT2D eigenvalue weighted by molar-refractivity contribution is 14.1. The summed E-state index contributed by atoms with van der Waals surface area (Å²) < 4.78 is 2.71. The van der Waals surface area contributed by atoms with E-state index in [9.17, 15) is 0 Å². The van der Waals surface area contributed by atoms with Crippen molar-refractivity contribution in [3.05, 3.63) is 75.1 Å². The molecule has 0 N–H and O–H groups in total. The molecule has 130 valence electrons. The molecule has 0 radical (unpaired) electrons. The van der Waals surface area contributed by atoms with E-state index in [0.29, 0.717) is 10.8 Å². The number of rotatable bonds is 4. The molecule has 4 rings (SSSR count). The van der Waals surface area contributed by atoms with Crippen LogP contribution in [0.2, 0.25) is 5.02 Å². The first-order valence-corrected chi connectivity index (χ1v) is 9.99. The number of alkyl halides is 1. The van der Waals surface area contributed by atoms with Crippen molar-refractivity contribution in [1.29, 1.82) is 0 Å². The molecule has 2 aromatic carbocycles. The number of tetrazole rings is 1. The summed E-state index contributed by atoms with van der Waals surface area (Å²) >= 11 is 11.8. The molecular weight excluding hydrogens is 530 g/mol. The summed E-state index contributed by atoms with van der Waals surface area (Å²) in [5, 5.41) is 18.0. The molecule has 4 aromatic rings. The summed E-state index contributed by atoms with van der Waals surface area (Å²) in [6, 6.07) is 17.4. The molecule has 26 heavy (non-hydrogen) atoms. The van der Waals surface area contributed by atoms with Gasteiger partial charge in [-0.15, -0.1) is 15.0 Å². The standard InChI is InChI=1S/C17H11BrClIN6/c18-15(11-4-2-1-3-5-11)26-23-17(22-24-26)14-10-21-25(16(14)20)13-8-6-12(19)7-9-13/h1-10,15H. The summed E-state index contributed by atoms with van der Waals surface area (Å²) in [6.45, 7) is 0. The molecule has 2 heterocycles. The predicted octanol–water partition coefficient (Wildman–Crippen LogP) is 4.73. The zero-order valence-electron chi connectivity index (χ0n) is 13.2. The fourth-order valence-electron chi connectivity index (χ4n) is 2.42. The average Bonchev–Trinajstić information content (AvgIpc) is 3.29. The Bertz CT molecular complexity index is 1030. The summed E-state index contributed by atoms with van der Waals surface area (Å²) in [7, 11) is 0. The molecule has 1 atom stereocenters. The van der Waals surface area contributed by atoms with Gasteiger partial charge in [-0.05, 0) is 57.6 Å². The molecule has 0 saturated heterocycles.